The van der Waals surface area contributed by atoms with Gasteiger partial charge in [-0.05, 0) is 41.3 Å². The molecule has 1 aromatic heterocycles. The van der Waals surface area contributed by atoms with Crippen LogP contribution >= 0.6 is 11.3 Å². The summed E-state index contributed by atoms with van der Waals surface area (Å²) in [6.07, 6.45) is 2.28. The maximum Gasteiger partial charge on any atom is 0.220 e. The molecule has 0 unspecified atom stereocenters. The fourth-order valence-corrected chi connectivity index (χ4v) is 3.17. The third kappa shape index (κ3) is 5.93. The second kappa shape index (κ2) is 9.38. The van der Waals surface area contributed by atoms with E-state index in [1.165, 1.54) is 22.5 Å². The third-order valence-corrected chi connectivity index (χ3v) is 4.90. The van der Waals surface area contributed by atoms with Gasteiger partial charge in [0.05, 0.1) is 4.88 Å². The van der Waals surface area contributed by atoms with E-state index in [1.807, 2.05) is 17.5 Å². The highest BCUT2D eigenvalue weighted by Gasteiger charge is 2.08. The molecule has 0 atom stereocenters. The summed E-state index contributed by atoms with van der Waals surface area (Å²) >= 11 is 1.45. The summed E-state index contributed by atoms with van der Waals surface area (Å²) in [7, 11) is 0. The van der Waals surface area contributed by atoms with Crippen molar-refractivity contribution in [2.45, 2.75) is 45.4 Å². The Morgan fingerprint density at radius 2 is 1.83 bits per heavy atom. The predicted octanol–water partition coefficient (Wildman–Crippen LogP) is 4.58. The Kier molecular flexibility index (Phi) is 7.19. The summed E-state index contributed by atoms with van der Waals surface area (Å²) in [6.45, 7) is 5.00. The molecule has 1 aromatic carbocycles. The summed E-state index contributed by atoms with van der Waals surface area (Å²) in [4.78, 5) is 24.4. The van der Waals surface area contributed by atoms with Gasteiger partial charge in [0, 0.05) is 19.4 Å². The molecule has 1 N–H and O–H groups in total. The molecule has 2 aromatic rings. The molecule has 0 saturated carbocycles. The molecule has 0 spiro atoms. The van der Waals surface area contributed by atoms with Crippen LogP contribution in [0.15, 0.2) is 41.8 Å². The molecule has 2 rings (SSSR count). The van der Waals surface area contributed by atoms with Gasteiger partial charge in [-0.1, -0.05) is 44.2 Å². The topological polar surface area (TPSA) is 46.2 Å². The van der Waals surface area contributed by atoms with E-state index < -0.39 is 0 Å². The van der Waals surface area contributed by atoms with Crippen LogP contribution in [0.25, 0.3) is 0 Å². The number of rotatable bonds is 9. The summed E-state index contributed by atoms with van der Waals surface area (Å²) < 4.78 is 0. The SMILES string of the molecule is CC(C)c1ccc(CCNC(=O)CCCC(=O)c2cccs2)cc1. The van der Waals surface area contributed by atoms with Crippen LogP contribution in [0.1, 0.15) is 59.8 Å². The van der Waals surface area contributed by atoms with Gasteiger partial charge in [-0.25, -0.2) is 0 Å². The van der Waals surface area contributed by atoms with E-state index in [2.05, 4.69) is 43.4 Å². The van der Waals surface area contributed by atoms with Gasteiger partial charge in [-0.2, -0.15) is 0 Å². The van der Waals surface area contributed by atoms with Gasteiger partial charge in [0.25, 0.3) is 0 Å². The second-order valence-corrected chi connectivity index (χ2v) is 7.20. The van der Waals surface area contributed by atoms with Gasteiger partial charge in [-0.3, -0.25) is 9.59 Å². The highest BCUT2D eigenvalue weighted by Crippen LogP contribution is 2.15. The van der Waals surface area contributed by atoms with Crippen LogP contribution in [-0.2, 0) is 11.2 Å². The van der Waals surface area contributed by atoms with E-state index in [4.69, 9.17) is 0 Å². The Labute approximate surface area is 148 Å². The van der Waals surface area contributed by atoms with Crippen LogP contribution in [0.2, 0.25) is 0 Å². The Bertz CT molecular complexity index is 645. The third-order valence-electron chi connectivity index (χ3n) is 3.99. The van der Waals surface area contributed by atoms with Crippen molar-refractivity contribution in [3.8, 4) is 0 Å². The molecule has 4 heteroatoms. The molecular weight excluding hydrogens is 318 g/mol. The van der Waals surface area contributed by atoms with Crippen LogP contribution in [0.3, 0.4) is 0 Å². The Hall–Kier alpha value is -1.94. The zero-order chi connectivity index (χ0) is 17.4. The summed E-state index contributed by atoms with van der Waals surface area (Å²) in [6, 6.07) is 12.3. The number of nitrogens with one attached hydrogen (secondary N) is 1. The number of hydrogen-bond acceptors (Lipinski definition) is 3. The summed E-state index contributed by atoms with van der Waals surface area (Å²) in [5, 5.41) is 4.83. The number of carbonyl (C=O) groups excluding carboxylic acids is 2. The second-order valence-electron chi connectivity index (χ2n) is 6.25. The van der Waals surface area contributed by atoms with E-state index >= 15 is 0 Å². The molecule has 3 nitrogen and oxygen atoms in total. The van der Waals surface area contributed by atoms with Crippen molar-refractivity contribution in [2.75, 3.05) is 6.54 Å². The maximum atomic E-state index is 11.8. The predicted molar refractivity (Wildman–Crippen MR) is 99.7 cm³/mol. The average Bonchev–Trinajstić information content (AvgIpc) is 3.10. The highest BCUT2D eigenvalue weighted by molar-refractivity contribution is 7.12. The fraction of sp³-hybridized carbons (Fsp3) is 0.400. The first-order valence-electron chi connectivity index (χ1n) is 8.48. The van der Waals surface area contributed by atoms with Gasteiger partial charge in [0.2, 0.25) is 5.91 Å². The first-order valence-corrected chi connectivity index (χ1v) is 9.36. The van der Waals surface area contributed by atoms with Gasteiger partial charge in [0.1, 0.15) is 0 Å². The zero-order valence-electron chi connectivity index (χ0n) is 14.4. The number of thiophene rings is 1. The number of hydrogen-bond donors (Lipinski definition) is 1. The molecule has 0 radical (unpaired) electrons. The number of benzene rings is 1. The minimum Gasteiger partial charge on any atom is -0.356 e. The van der Waals surface area contributed by atoms with E-state index in [0.717, 1.165) is 11.3 Å². The first-order chi connectivity index (χ1) is 11.6. The molecular formula is C20H25NO2S. The lowest BCUT2D eigenvalue weighted by molar-refractivity contribution is -0.121. The van der Waals surface area contributed by atoms with Crippen LogP contribution in [0.4, 0.5) is 0 Å². The van der Waals surface area contributed by atoms with E-state index in [0.29, 0.717) is 31.7 Å². The van der Waals surface area contributed by atoms with Gasteiger partial charge < -0.3 is 5.32 Å². The molecule has 0 aliphatic carbocycles. The summed E-state index contributed by atoms with van der Waals surface area (Å²) in [5.74, 6) is 0.687. The van der Waals surface area contributed by atoms with Crippen LogP contribution in [0, 0.1) is 0 Å². The number of amides is 1. The molecule has 1 heterocycles. The zero-order valence-corrected chi connectivity index (χ0v) is 15.2. The Morgan fingerprint density at radius 3 is 2.46 bits per heavy atom. The lowest BCUT2D eigenvalue weighted by Gasteiger charge is -2.08. The molecule has 128 valence electrons. The Morgan fingerprint density at radius 1 is 1.08 bits per heavy atom. The van der Waals surface area contributed by atoms with E-state index in [-0.39, 0.29) is 11.7 Å². The molecule has 0 saturated heterocycles. The van der Waals surface area contributed by atoms with Gasteiger partial charge >= 0.3 is 0 Å². The molecule has 1 amide bonds. The first kappa shape index (κ1) is 18.4. The maximum absolute atomic E-state index is 11.8. The van der Waals surface area contributed by atoms with Gasteiger partial charge in [0.15, 0.2) is 5.78 Å². The summed E-state index contributed by atoms with van der Waals surface area (Å²) in [5.41, 5.74) is 2.56. The lowest BCUT2D eigenvalue weighted by atomic mass is 10.0. The van der Waals surface area contributed by atoms with Crippen molar-refractivity contribution in [2.24, 2.45) is 0 Å². The quantitative estimate of drug-likeness (QED) is 0.677. The standard InChI is InChI=1S/C20H25NO2S/c1-15(2)17-10-8-16(9-11-17)12-13-21-20(23)7-3-5-18(22)19-6-4-14-24-19/h4,6,8-11,14-15H,3,5,7,12-13H2,1-2H3,(H,21,23). The molecule has 0 aliphatic heterocycles. The van der Waals surface area contributed by atoms with E-state index in [1.54, 1.807) is 0 Å². The van der Waals surface area contributed by atoms with Crippen LogP contribution in [0.5, 0.6) is 0 Å². The Balaban J connectivity index is 1.62. The number of Topliss-reactive ketones (excluding diaryl/α,β-unsaturated/α-hetero) is 1. The lowest BCUT2D eigenvalue weighted by Crippen LogP contribution is -2.25. The average molecular weight is 343 g/mol. The number of carbonyl (C=O) groups is 2. The molecule has 0 fully saturated rings. The van der Waals surface area contributed by atoms with Crippen molar-refractivity contribution in [3.63, 3.8) is 0 Å². The van der Waals surface area contributed by atoms with Crippen molar-refractivity contribution >= 4 is 23.0 Å². The van der Waals surface area contributed by atoms with Crippen molar-refractivity contribution in [1.82, 2.24) is 5.32 Å². The monoisotopic (exact) mass is 343 g/mol. The van der Waals surface area contributed by atoms with E-state index in [9.17, 15) is 9.59 Å². The van der Waals surface area contributed by atoms with Crippen molar-refractivity contribution in [3.05, 3.63) is 57.8 Å². The minimum absolute atomic E-state index is 0.0211. The molecule has 0 aliphatic rings. The molecule has 0 bridgehead atoms. The van der Waals surface area contributed by atoms with Crippen molar-refractivity contribution < 1.29 is 9.59 Å². The largest absolute Gasteiger partial charge is 0.356 e. The molecule has 24 heavy (non-hydrogen) atoms. The van der Waals surface area contributed by atoms with Gasteiger partial charge in [-0.15, -0.1) is 11.3 Å². The fourth-order valence-electron chi connectivity index (χ4n) is 2.47. The van der Waals surface area contributed by atoms with Crippen molar-refractivity contribution in [1.29, 1.82) is 0 Å². The van der Waals surface area contributed by atoms with Crippen LogP contribution in [-0.4, -0.2) is 18.2 Å². The smallest absolute Gasteiger partial charge is 0.220 e. The minimum atomic E-state index is 0.0211. The normalized spacial score (nSPS) is 10.8. The number of ketones is 1. The highest BCUT2D eigenvalue weighted by atomic mass is 32.1. The van der Waals surface area contributed by atoms with Crippen LogP contribution < -0.4 is 5.32 Å².